The van der Waals surface area contributed by atoms with E-state index in [0.29, 0.717) is 5.75 Å². The van der Waals surface area contributed by atoms with Gasteiger partial charge in [0.25, 0.3) is 0 Å². The third-order valence-corrected chi connectivity index (χ3v) is 3.35. The fourth-order valence-corrected chi connectivity index (χ4v) is 2.17. The number of carbonyl (C=O) groups is 1. The van der Waals surface area contributed by atoms with Gasteiger partial charge >= 0.3 is 5.97 Å². The predicted octanol–water partition coefficient (Wildman–Crippen LogP) is 5.05. The Morgan fingerprint density at radius 3 is 2.00 bits per heavy atom. The Bertz CT molecular complexity index is 809. The minimum absolute atomic E-state index is 0.400. The van der Waals surface area contributed by atoms with Crippen molar-refractivity contribution in [2.24, 2.45) is 0 Å². The number of esters is 1. The molecule has 24 heavy (non-hydrogen) atoms. The van der Waals surface area contributed by atoms with E-state index in [1.54, 1.807) is 18.2 Å². The van der Waals surface area contributed by atoms with Gasteiger partial charge in [0.05, 0.1) is 0 Å². The lowest BCUT2D eigenvalue weighted by atomic mass is 10.2. The molecule has 0 aromatic heterocycles. The van der Waals surface area contributed by atoms with Gasteiger partial charge in [0, 0.05) is 17.5 Å². The quantitative estimate of drug-likeness (QED) is 0.407. The molecule has 3 nitrogen and oxygen atoms in total. The number of para-hydroxylation sites is 1. The van der Waals surface area contributed by atoms with E-state index in [0.717, 1.165) is 16.9 Å². The maximum atomic E-state index is 11.8. The van der Waals surface area contributed by atoms with Crippen LogP contribution >= 0.6 is 0 Å². The van der Waals surface area contributed by atoms with Gasteiger partial charge in [-0.15, -0.1) is 0 Å². The largest absolute Gasteiger partial charge is 0.423 e. The summed E-state index contributed by atoms with van der Waals surface area (Å²) in [7, 11) is 0. The van der Waals surface area contributed by atoms with E-state index >= 15 is 0 Å². The van der Waals surface area contributed by atoms with Crippen molar-refractivity contribution in [1.29, 1.82) is 0 Å². The van der Waals surface area contributed by atoms with Crippen molar-refractivity contribution in [1.82, 2.24) is 0 Å². The smallest absolute Gasteiger partial charge is 0.336 e. The van der Waals surface area contributed by atoms with Crippen LogP contribution in [0.5, 0.6) is 5.75 Å². The first kappa shape index (κ1) is 15.6. The maximum Gasteiger partial charge on any atom is 0.336 e. The molecule has 0 aliphatic carbocycles. The number of benzene rings is 3. The van der Waals surface area contributed by atoms with Crippen molar-refractivity contribution >= 4 is 23.4 Å². The number of hydrogen-bond donors (Lipinski definition) is 1. The van der Waals surface area contributed by atoms with Crippen molar-refractivity contribution in [3.05, 3.63) is 96.6 Å². The third-order valence-electron chi connectivity index (χ3n) is 3.35. The van der Waals surface area contributed by atoms with E-state index < -0.39 is 5.97 Å². The number of nitrogens with one attached hydrogen (secondary N) is 1. The Hall–Kier alpha value is -3.33. The van der Waals surface area contributed by atoms with Gasteiger partial charge in [-0.25, -0.2) is 4.79 Å². The van der Waals surface area contributed by atoms with Crippen molar-refractivity contribution in [3.63, 3.8) is 0 Å². The number of hydrogen-bond acceptors (Lipinski definition) is 3. The van der Waals surface area contributed by atoms with E-state index in [2.05, 4.69) is 5.32 Å². The second-order valence-electron chi connectivity index (χ2n) is 5.18. The van der Waals surface area contributed by atoms with E-state index in [4.69, 9.17) is 4.74 Å². The minimum Gasteiger partial charge on any atom is -0.423 e. The summed E-state index contributed by atoms with van der Waals surface area (Å²) >= 11 is 0. The van der Waals surface area contributed by atoms with Crippen LogP contribution in [0.2, 0.25) is 0 Å². The van der Waals surface area contributed by atoms with Crippen LogP contribution in [0.25, 0.3) is 6.08 Å². The zero-order valence-corrected chi connectivity index (χ0v) is 13.1. The second kappa shape index (κ2) is 7.79. The van der Waals surface area contributed by atoms with Crippen LogP contribution in [0.3, 0.4) is 0 Å². The van der Waals surface area contributed by atoms with E-state index in [1.165, 1.54) is 6.08 Å². The number of carbonyl (C=O) groups excluding carboxylic acids is 1. The zero-order chi connectivity index (χ0) is 16.6. The topological polar surface area (TPSA) is 38.3 Å². The van der Waals surface area contributed by atoms with Crippen LogP contribution in [0.1, 0.15) is 5.56 Å². The summed E-state index contributed by atoms with van der Waals surface area (Å²) in [5.41, 5.74) is 2.89. The number of ether oxygens (including phenoxy) is 1. The van der Waals surface area contributed by atoms with Crippen LogP contribution in [-0.4, -0.2) is 5.97 Å². The van der Waals surface area contributed by atoms with Gasteiger partial charge in [-0.1, -0.05) is 48.5 Å². The fourth-order valence-electron chi connectivity index (χ4n) is 2.17. The number of anilines is 2. The molecule has 1 N–H and O–H groups in total. The third kappa shape index (κ3) is 4.58. The lowest BCUT2D eigenvalue weighted by Crippen LogP contribution is -2.03. The summed E-state index contributed by atoms with van der Waals surface area (Å²) in [6.07, 6.45) is 3.15. The molecule has 0 aliphatic rings. The Balaban J connectivity index is 1.58. The molecule has 3 rings (SSSR count). The standard InChI is InChI=1S/C21H17NO2/c23-21(16-11-17-7-3-1-4-8-17)24-20-14-12-19(13-15-20)22-18-9-5-2-6-10-18/h1-16,22H/b16-11+. The lowest BCUT2D eigenvalue weighted by molar-refractivity contribution is -0.128. The van der Waals surface area contributed by atoms with Crippen molar-refractivity contribution < 1.29 is 9.53 Å². The average molecular weight is 315 g/mol. The molecule has 0 atom stereocenters. The van der Waals surface area contributed by atoms with Crippen LogP contribution in [0.15, 0.2) is 91.0 Å². The highest BCUT2D eigenvalue weighted by Crippen LogP contribution is 2.20. The van der Waals surface area contributed by atoms with Crippen LogP contribution in [0, 0.1) is 0 Å². The molecular formula is C21H17NO2. The summed E-state index contributed by atoms with van der Waals surface area (Å²) < 4.78 is 5.29. The van der Waals surface area contributed by atoms with Gasteiger partial charge in [0.1, 0.15) is 5.75 Å². The maximum absolute atomic E-state index is 11.8. The first-order chi connectivity index (χ1) is 11.8. The van der Waals surface area contributed by atoms with E-state index in [1.807, 2.05) is 72.8 Å². The van der Waals surface area contributed by atoms with Crippen LogP contribution < -0.4 is 10.1 Å². The van der Waals surface area contributed by atoms with Gasteiger partial charge in [0.15, 0.2) is 0 Å². The highest BCUT2D eigenvalue weighted by atomic mass is 16.5. The molecule has 0 fully saturated rings. The summed E-state index contributed by atoms with van der Waals surface area (Å²) in [5.74, 6) is 0.110. The molecule has 0 amide bonds. The van der Waals surface area contributed by atoms with Gasteiger partial charge in [-0.3, -0.25) is 0 Å². The highest BCUT2D eigenvalue weighted by molar-refractivity contribution is 5.88. The molecule has 118 valence electrons. The van der Waals surface area contributed by atoms with Gasteiger partial charge < -0.3 is 10.1 Å². The first-order valence-electron chi connectivity index (χ1n) is 7.67. The Labute approximate surface area is 141 Å². The summed E-state index contributed by atoms with van der Waals surface area (Å²) in [5, 5.41) is 3.28. The summed E-state index contributed by atoms with van der Waals surface area (Å²) in [6, 6.07) is 26.8. The average Bonchev–Trinajstić information content (AvgIpc) is 2.63. The molecule has 0 saturated carbocycles. The van der Waals surface area contributed by atoms with Crippen molar-refractivity contribution in [2.75, 3.05) is 5.32 Å². The fraction of sp³-hybridized carbons (Fsp3) is 0. The van der Waals surface area contributed by atoms with Crippen molar-refractivity contribution in [2.45, 2.75) is 0 Å². The molecule has 0 bridgehead atoms. The molecule has 3 aromatic carbocycles. The normalized spacial score (nSPS) is 10.5. The van der Waals surface area contributed by atoms with Crippen LogP contribution in [0.4, 0.5) is 11.4 Å². The zero-order valence-electron chi connectivity index (χ0n) is 13.1. The summed E-state index contributed by atoms with van der Waals surface area (Å²) in [4.78, 5) is 11.8. The van der Waals surface area contributed by atoms with Crippen molar-refractivity contribution in [3.8, 4) is 5.75 Å². The molecule has 0 heterocycles. The Morgan fingerprint density at radius 2 is 1.33 bits per heavy atom. The highest BCUT2D eigenvalue weighted by Gasteiger charge is 2.01. The monoisotopic (exact) mass is 315 g/mol. The first-order valence-corrected chi connectivity index (χ1v) is 7.67. The number of rotatable bonds is 5. The SMILES string of the molecule is O=C(/C=C/c1ccccc1)Oc1ccc(Nc2ccccc2)cc1. The van der Waals surface area contributed by atoms with E-state index in [-0.39, 0.29) is 0 Å². The summed E-state index contributed by atoms with van der Waals surface area (Å²) in [6.45, 7) is 0. The molecule has 0 saturated heterocycles. The van der Waals surface area contributed by atoms with Gasteiger partial charge in [0.2, 0.25) is 0 Å². The molecule has 0 aliphatic heterocycles. The predicted molar refractivity (Wildman–Crippen MR) is 97.3 cm³/mol. The molecule has 3 aromatic rings. The molecule has 3 heteroatoms. The Morgan fingerprint density at radius 1 is 0.750 bits per heavy atom. The molecule has 0 spiro atoms. The van der Waals surface area contributed by atoms with E-state index in [9.17, 15) is 4.79 Å². The second-order valence-corrected chi connectivity index (χ2v) is 5.18. The molecule has 0 radical (unpaired) electrons. The van der Waals surface area contributed by atoms with Crippen LogP contribution in [-0.2, 0) is 4.79 Å². The lowest BCUT2D eigenvalue weighted by Gasteiger charge is -2.07. The van der Waals surface area contributed by atoms with Gasteiger partial charge in [-0.05, 0) is 48.0 Å². The molecular weight excluding hydrogens is 298 g/mol. The van der Waals surface area contributed by atoms with Gasteiger partial charge in [-0.2, -0.15) is 0 Å². The Kier molecular flexibility index (Phi) is 5.05. The molecule has 0 unspecified atom stereocenters. The minimum atomic E-state index is -0.400.